The maximum atomic E-state index is 10.4. The molecule has 0 radical (unpaired) electrons. The van der Waals surface area contributed by atoms with Crippen LogP contribution in [0.5, 0.6) is 11.5 Å². The normalized spacial score (nSPS) is 11.6. The molecule has 1 unspecified atom stereocenters. The van der Waals surface area contributed by atoms with Crippen LogP contribution in [0.15, 0.2) is 12.1 Å². The Kier molecular flexibility index (Phi) is 3.90. The first-order valence-corrected chi connectivity index (χ1v) is 4.88. The van der Waals surface area contributed by atoms with E-state index in [0.717, 1.165) is 11.8 Å². The summed E-state index contributed by atoms with van der Waals surface area (Å²) in [5.41, 5.74) is 1.03. The van der Waals surface area contributed by atoms with Crippen LogP contribution in [0.25, 0.3) is 0 Å². The van der Waals surface area contributed by atoms with Crippen LogP contribution in [-0.2, 0) is 4.79 Å². The number of rotatable bonds is 4. The summed E-state index contributed by atoms with van der Waals surface area (Å²) in [6, 6.07) is 5.10. The van der Waals surface area contributed by atoms with E-state index >= 15 is 0 Å². The molecule has 0 bridgehead atoms. The number of ether oxygens (including phenoxy) is 1. The summed E-state index contributed by atoms with van der Waals surface area (Å²) in [4.78, 5) is 10.4. The number of methoxy groups -OCH3 is 1. The SMILES string of the molecule is COc1c(O)cc(C(C)CC=O)cc1C#N. The Bertz CT molecular complexity index is 435. The lowest BCUT2D eigenvalue weighted by molar-refractivity contribution is -0.108. The molecule has 1 rings (SSSR count). The van der Waals surface area contributed by atoms with Crippen molar-refractivity contribution in [3.05, 3.63) is 23.3 Å². The maximum absolute atomic E-state index is 10.4. The molecule has 0 saturated carbocycles. The fourth-order valence-corrected chi connectivity index (χ4v) is 1.50. The molecule has 0 fully saturated rings. The molecule has 16 heavy (non-hydrogen) atoms. The molecule has 0 heterocycles. The van der Waals surface area contributed by atoms with Crippen LogP contribution in [-0.4, -0.2) is 18.5 Å². The highest BCUT2D eigenvalue weighted by atomic mass is 16.5. The van der Waals surface area contributed by atoms with Crippen molar-refractivity contribution in [2.75, 3.05) is 7.11 Å². The van der Waals surface area contributed by atoms with E-state index in [0.29, 0.717) is 6.42 Å². The van der Waals surface area contributed by atoms with Gasteiger partial charge in [-0.1, -0.05) is 6.92 Å². The van der Waals surface area contributed by atoms with Gasteiger partial charge >= 0.3 is 0 Å². The van der Waals surface area contributed by atoms with E-state index in [9.17, 15) is 9.90 Å². The van der Waals surface area contributed by atoms with Gasteiger partial charge in [0.2, 0.25) is 0 Å². The predicted octanol–water partition coefficient (Wildman–Crippen LogP) is 1.96. The molecule has 4 heteroatoms. The van der Waals surface area contributed by atoms with Gasteiger partial charge in [0.1, 0.15) is 12.4 Å². The summed E-state index contributed by atoms with van der Waals surface area (Å²) in [6.07, 6.45) is 1.18. The number of hydrogen-bond donors (Lipinski definition) is 1. The zero-order chi connectivity index (χ0) is 12.1. The van der Waals surface area contributed by atoms with Gasteiger partial charge in [0.05, 0.1) is 12.7 Å². The monoisotopic (exact) mass is 219 g/mol. The molecule has 1 atom stereocenters. The van der Waals surface area contributed by atoms with Crippen molar-refractivity contribution < 1.29 is 14.6 Å². The van der Waals surface area contributed by atoms with Crippen LogP contribution in [0.1, 0.15) is 30.4 Å². The number of hydrogen-bond acceptors (Lipinski definition) is 4. The van der Waals surface area contributed by atoms with Gasteiger partial charge in [0, 0.05) is 6.42 Å². The minimum Gasteiger partial charge on any atom is -0.504 e. The summed E-state index contributed by atoms with van der Waals surface area (Å²) in [5.74, 6) is 0.0697. The predicted molar refractivity (Wildman–Crippen MR) is 58.5 cm³/mol. The van der Waals surface area contributed by atoms with E-state index < -0.39 is 0 Å². The molecular formula is C12H13NO3. The number of phenolic OH excluding ortho intramolecular Hbond substituents is 1. The third kappa shape index (κ3) is 2.31. The lowest BCUT2D eigenvalue weighted by atomic mass is 9.96. The molecule has 84 valence electrons. The van der Waals surface area contributed by atoms with E-state index in [4.69, 9.17) is 10.00 Å². The molecule has 0 saturated heterocycles. The van der Waals surface area contributed by atoms with Gasteiger partial charge in [-0.2, -0.15) is 5.26 Å². The van der Waals surface area contributed by atoms with Crippen LogP contribution < -0.4 is 4.74 Å². The first-order chi connectivity index (χ1) is 7.63. The van der Waals surface area contributed by atoms with E-state index in [1.54, 1.807) is 6.07 Å². The first-order valence-electron chi connectivity index (χ1n) is 4.88. The highest BCUT2D eigenvalue weighted by molar-refractivity contribution is 5.56. The second-order valence-electron chi connectivity index (χ2n) is 3.54. The van der Waals surface area contributed by atoms with Crippen molar-refractivity contribution in [3.8, 4) is 17.6 Å². The van der Waals surface area contributed by atoms with Crippen molar-refractivity contribution in [2.45, 2.75) is 19.3 Å². The quantitative estimate of drug-likeness (QED) is 0.786. The highest BCUT2D eigenvalue weighted by Crippen LogP contribution is 2.34. The fourth-order valence-electron chi connectivity index (χ4n) is 1.50. The second kappa shape index (κ2) is 5.17. The first kappa shape index (κ1) is 12.1. The number of aldehydes is 1. The number of nitriles is 1. The third-order valence-corrected chi connectivity index (χ3v) is 2.44. The van der Waals surface area contributed by atoms with Crippen molar-refractivity contribution in [2.24, 2.45) is 0 Å². The molecule has 0 aromatic heterocycles. The van der Waals surface area contributed by atoms with Gasteiger partial charge in [-0.05, 0) is 23.6 Å². The third-order valence-electron chi connectivity index (χ3n) is 2.44. The number of benzene rings is 1. The number of carbonyl (C=O) groups excluding carboxylic acids is 1. The lowest BCUT2D eigenvalue weighted by Crippen LogP contribution is -1.97. The standard InChI is InChI=1S/C12H13NO3/c1-8(3-4-14)9-5-10(7-13)12(16-2)11(15)6-9/h4-6,8,15H,3H2,1-2H3. The van der Waals surface area contributed by atoms with Gasteiger partial charge in [-0.15, -0.1) is 0 Å². The minimum atomic E-state index is -0.0747. The molecule has 0 aliphatic rings. The Balaban J connectivity index is 3.21. The maximum Gasteiger partial charge on any atom is 0.178 e. The van der Waals surface area contributed by atoms with Gasteiger partial charge in [0.25, 0.3) is 0 Å². The number of aromatic hydroxyl groups is 1. The van der Waals surface area contributed by atoms with Gasteiger partial charge in [-0.3, -0.25) is 0 Å². The molecule has 0 aliphatic carbocycles. The molecule has 0 amide bonds. The van der Waals surface area contributed by atoms with Crippen LogP contribution in [0.3, 0.4) is 0 Å². The summed E-state index contributed by atoms with van der Waals surface area (Å²) in [5, 5.41) is 18.6. The van der Waals surface area contributed by atoms with Crippen LogP contribution in [0, 0.1) is 11.3 Å². The zero-order valence-corrected chi connectivity index (χ0v) is 9.23. The summed E-state index contributed by atoms with van der Waals surface area (Å²) < 4.78 is 4.92. The van der Waals surface area contributed by atoms with E-state index in [2.05, 4.69) is 0 Å². The Labute approximate surface area is 94.1 Å². The Morgan fingerprint density at radius 2 is 2.31 bits per heavy atom. The van der Waals surface area contributed by atoms with Crippen molar-refractivity contribution in [1.29, 1.82) is 5.26 Å². The molecule has 0 aliphatic heterocycles. The van der Waals surface area contributed by atoms with Gasteiger partial charge in [-0.25, -0.2) is 0 Å². The van der Waals surface area contributed by atoms with E-state index in [1.807, 2.05) is 13.0 Å². The minimum absolute atomic E-state index is 0.0265. The lowest BCUT2D eigenvalue weighted by Gasteiger charge is -2.12. The average molecular weight is 219 g/mol. The van der Waals surface area contributed by atoms with Crippen LogP contribution >= 0.6 is 0 Å². The average Bonchev–Trinajstić information content (AvgIpc) is 2.28. The summed E-state index contributed by atoms with van der Waals surface area (Å²) >= 11 is 0. The molecule has 0 spiro atoms. The van der Waals surface area contributed by atoms with E-state index in [-0.39, 0.29) is 23.0 Å². The smallest absolute Gasteiger partial charge is 0.178 e. The zero-order valence-electron chi connectivity index (χ0n) is 9.23. The molecule has 1 aromatic carbocycles. The second-order valence-corrected chi connectivity index (χ2v) is 3.54. The fraction of sp³-hybridized carbons (Fsp3) is 0.333. The summed E-state index contributed by atoms with van der Waals surface area (Å²) in [7, 11) is 1.39. The Hall–Kier alpha value is -2.02. The van der Waals surface area contributed by atoms with Crippen molar-refractivity contribution >= 4 is 6.29 Å². The summed E-state index contributed by atoms with van der Waals surface area (Å²) in [6.45, 7) is 1.86. The number of carbonyl (C=O) groups is 1. The molecule has 1 N–H and O–H groups in total. The number of phenols is 1. The molecule has 1 aromatic rings. The Morgan fingerprint density at radius 1 is 1.62 bits per heavy atom. The van der Waals surface area contributed by atoms with Crippen molar-refractivity contribution in [3.63, 3.8) is 0 Å². The molecular weight excluding hydrogens is 206 g/mol. The topological polar surface area (TPSA) is 70.3 Å². The van der Waals surface area contributed by atoms with Gasteiger partial charge in [0.15, 0.2) is 11.5 Å². The van der Waals surface area contributed by atoms with Crippen LogP contribution in [0.4, 0.5) is 0 Å². The highest BCUT2D eigenvalue weighted by Gasteiger charge is 2.14. The largest absolute Gasteiger partial charge is 0.504 e. The van der Waals surface area contributed by atoms with Gasteiger partial charge < -0.3 is 14.6 Å². The number of nitrogens with zero attached hydrogens (tertiary/aromatic N) is 1. The Morgan fingerprint density at radius 3 is 2.81 bits per heavy atom. The van der Waals surface area contributed by atoms with E-state index in [1.165, 1.54) is 13.2 Å². The molecule has 4 nitrogen and oxygen atoms in total. The van der Waals surface area contributed by atoms with Crippen molar-refractivity contribution in [1.82, 2.24) is 0 Å². The van der Waals surface area contributed by atoms with Crippen LogP contribution in [0.2, 0.25) is 0 Å².